The van der Waals surface area contributed by atoms with Gasteiger partial charge in [-0.1, -0.05) is 6.07 Å². The Hall–Kier alpha value is -1.59. The van der Waals surface area contributed by atoms with Crippen LogP contribution in [-0.4, -0.2) is 55.7 Å². The monoisotopic (exact) mass is 331 g/mol. The molecule has 1 N–H and O–H groups in total. The number of phenolic OH excluding ortho intramolecular Hbond substituents is 1. The van der Waals surface area contributed by atoms with Gasteiger partial charge < -0.3 is 19.5 Å². The number of fused-ring (bicyclic) bond motifs is 1. The maximum absolute atomic E-state index is 12.7. The second-order valence-electron chi connectivity index (χ2n) is 7.52. The lowest BCUT2D eigenvalue weighted by molar-refractivity contribution is -0.141. The van der Waals surface area contributed by atoms with E-state index < -0.39 is 0 Å². The quantitative estimate of drug-likeness (QED) is 0.897. The van der Waals surface area contributed by atoms with Gasteiger partial charge in [0.1, 0.15) is 6.10 Å². The first kappa shape index (κ1) is 15.9. The molecular formula is C19H25NO4. The summed E-state index contributed by atoms with van der Waals surface area (Å²) in [7, 11) is 5.36. The number of carbonyl (C=O) groups excluding carboxylic acids is 1. The van der Waals surface area contributed by atoms with Crippen molar-refractivity contribution in [1.82, 2.24) is 4.90 Å². The molecule has 0 aromatic heterocycles. The second-order valence-corrected chi connectivity index (χ2v) is 7.52. The lowest BCUT2D eigenvalue weighted by Gasteiger charge is -2.58. The van der Waals surface area contributed by atoms with Crippen LogP contribution in [0.3, 0.4) is 0 Å². The minimum absolute atomic E-state index is 0.159. The van der Waals surface area contributed by atoms with Crippen molar-refractivity contribution < 1.29 is 19.4 Å². The highest BCUT2D eigenvalue weighted by Gasteiger charge is 2.58. The van der Waals surface area contributed by atoms with Crippen LogP contribution in [0.2, 0.25) is 0 Å². The fourth-order valence-corrected chi connectivity index (χ4v) is 5.45. The average molecular weight is 331 g/mol. The number of hydrogen-bond acceptors (Lipinski definition) is 5. The average Bonchev–Trinajstić information content (AvgIpc) is 2.57. The molecule has 5 heteroatoms. The number of methoxy groups -OCH3 is 2. The maximum atomic E-state index is 12.7. The number of carbonyl (C=O) groups is 1. The molecule has 4 atom stereocenters. The molecule has 3 aliphatic rings. The Morgan fingerprint density at radius 1 is 1.33 bits per heavy atom. The van der Waals surface area contributed by atoms with Gasteiger partial charge in [-0.3, -0.25) is 4.79 Å². The van der Waals surface area contributed by atoms with E-state index in [1.54, 1.807) is 14.2 Å². The van der Waals surface area contributed by atoms with E-state index in [1.807, 2.05) is 6.07 Å². The predicted octanol–water partition coefficient (Wildman–Crippen LogP) is 1.89. The van der Waals surface area contributed by atoms with Crippen LogP contribution in [0.4, 0.5) is 0 Å². The maximum Gasteiger partial charge on any atom is 0.162 e. The number of benzene rings is 1. The third-order valence-electron chi connectivity index (χ3n) is 6.63. The largest absolute Gasteiger partial charge is 0.504 e. The lowest BCUT2D eigenvalue weighted by atomic mass is 9.51. The van der Waals surface area contributed by atoms with Crippen molar-refractivity contribution in [1.29, 1.82) is 0 Å². The molecule has 1 heterocycles. The van der Waals surface area contributed by atoms with Crippen molar-refractivity contribution in [2.45, 2.75) is 43.2 Å². The summed E-state index contributed by atoms with van der Waals surface area (Å²) in [4.78, 5) is 15.1. The standard InChI is InChI=1S/C19H25NO4/c1-20-7-6-19-10-14(21)16(24-3)9-12(19)13(20)8-11-4-5-15(23-2)18(22)17(11)19/h4-5,12-13,16,22H,6-10H2,1-3H3/t12-,13+,16+,19+/m0/s1. The number of rotatable bonds is 2. The fourth-order valence-electron chi connectivity index (χ4n) is 5.45. The zero-order valence-electron chi connectivity index (χ0n) is 14.5. The van der Waals surface area contributed by atoms with Gasteiger partial charge in [0.2, 0.25) is 0 Å². The van der Waals surface area contributed by atoms with Crippen LogP contribution in [0.25, 0.3) is 0 Å². The Bertz CT molecular complexity index is 688. The highest BCUT2D eigenvalue weighted by Crippen LogP contribution is 2.58. The summed E-state index contributed by atoms with van der Waals surface area (Å²) in [6.45, 7) is 0.947. The number of likely N-dealkylation sites (tertiary alicyclic amines) is 1. The molecular weight excluding hydrogens is 306 g/mol. The Morgan fingerprint density at radius 3 is 2.83 bits per heavy atom. The third-order valence-corrected chi connectivity index (χ3v) is 6.63. The molecule has 0 radical (unpaired) electrons. The molecule has 4 rings (SSSR count). The van der Waals surface area contributed by atoms with Crippen molar-refractivity contribution in [3.8, 4) is 11.5 Å². The first-order valence-corrected chi connectivity index (χ1v) is 8.67. The van der Waals surface area contributed by atoms with Crippen LogP contribution in [0, 0.1) is 5.92 Å². The van der Waals surface area contributed by atoms with Crippen LogP contribution in [0.5, 0.6) is 11.5 Å². The van der Waals surface area contributed by atoms with E-state index in [9.17, 15) is 9.90 Å². The molecule has 5 nitrogen and oxygen atoms in total. The summed E-state index contributed by atoms with van der Waals surface area (Å²) in [5.74, 6) is 1.21. The summed E-state index contributed by atoms with van der Waals surface area (Å²) < 4.78 is 10.8. The summed E-state index contributed by atoms with van der Waals surface area (Å²) in [5.41, 5.74) is 1.83. The number of ether oxygens (including phenoxy) is 2. The van der Waals surface area contributed by atoms with Crippen molar-refractivity contribution in [3.63, 3.8) is 0 Å². The molecule has 2 fully saturated rings. The number of Topliss-reactive ketones (excluding diaryl/α,β-unsaturated/α-hetero) is 1. The Labute approximate surface area is 142 Å². The number of hydrogen-bond donors (Lipinski definition) is 1. The van der Waals surface area contributed by atoms with E-state index in [1.165, 1.54) is 0 Å². The molecule has 24 heavy (non-hydrogen) atoms. The van der Waals surface area contributed by atoms with Gasteiger partial charge in [-0.25, -0.2) is 0 Å². The summed E-state index contributed by atoms with van der Waals surface area (Å²) in [5, 5.41) is 10.9. The number of phenols is 1. The third kappa shape index (κ3) is 1.97. The van der Waals surface area contributed by atoms with Crippen LogP contribution in [0.15, 0.2) is 12.1 Å². The van der Waals surface area contributed by atoms with Gasteiger partial charge in [0.25, 0.3) is 0 Å². The molecule has 2 aliphatic carbocycles. The first-order valence-electron chi connectivity index (χ1n) is 8.67. The molecule has 1 aromatic carbocycles. The van der Waals surface area contributed by atoms with Crippen LogP contribution in [-0.2, 0) is 21.4 Å². The van der Waals surface area contributed by atoms with E-state index in [0.29, 0.717) is 24.1 Å². The highest BCUT2D eigenvalue weighted by molar-refractivity contribution is 5.86. The van der Waals surface area contributed by atoms with Gasteiger partial charge in [0.15, 0.2) is 17.3 Å². The molecule has 0 amide bonds. The van der Waals surface area contributed by atoms with Gasteiger partial charge in [0.05, 0.1) is 7.11 Å². The first-order chi connectivity index (χ1) is 11.5. The van der Waals surface area contributed by atoms with Gasteiger partial charge >= 0.3 is 0 Å². The smallest absolute Gasteiger partial charge is 0.162 e. The zero-order chi connectivity index (χ0) is 17.1. The van der Waals surface area contributed by atoms with Gasteiger partial charge in [-0.15, -0.1) is 0 Å². The van der Waals surface area contributed by atoms with Gasteiger partial charge in [-0.05, 0) is 50.4 Å². The summed E-state index contributed by atoms with van der Waals surface area (Å²) >= 11 is 0. The van der Waals surface area contributed by atoms with E-state index in [-0.39, 0.29) is 23.1 Å². The molecule has 1 saturated heterocycles. The lowest BCUT2D eigenvalue weighted by Crippen LogP contribution is -2.63. The van der Waals surface area contributed by atoms with E-state index in [0.717, 1.165) is 36.9 Å². The highest BCUT2D eigenvalue weighted by atomic mass is 16.5. The SMILES string of the molecule is COc1ccc2c(c1O)[C@@]13CCN(C)[C@H](C2)[C@@H]1C[C@@H](OC)C(=O)C3. The number of piperidine rings is 1. The molecule has 2 bridgehead atoms. The van der Waals surface area contributed by atoms with Crippen molar-refractivity contribution >= 4 is 5.78 Å². The minimum atomic E-state index is -0.313. The summed E-state index contributed by atoms with van der Waals surface area (Å²) in [6.07, 6.45) is 2.67. The molecule has 0 spiro atoms. The molecule has 1 aromatic rings. The van der Waals surface area contributed by atoms with Crippen LogP contribution < -0.4 is 4.74 Å². The number of ketones is 1. The van der Waals surface area contributed by atoms with E-state index >= 15 is 0 Å². The Kier molecular flexibility index (Phi) is 3.62. The fraction of sp³-hybridized carbons (Fsp3) is 0.632. The minimum Gasteiger partial charge on any atom is -0.504 e. The molecule has 1 saturated carbocycles. The van der Waals surface area contributed by atoms with Gasteiger partial charge in [0, 0.05) is 30.6 Å². The second kappa shape index (κ2) is 5.46. The zero-order valence-corrected chi connectivity index (χ0v) is 14.5. The van der Waals surface area contributed by atoms with Crippen LogP contribution in [0.1, 0.15) is 30.4 Å². The number of aromatic hydroxyl groups is 1. The van der Waals surface area contributed by atoms with Crippen molar-refractivity contribution in [2.24, 2.45) is 5.92 Å². The normalized spacial score (nSPS) is 35.3. The molecule has 130 valence electrons. The topological polar surface area (TPSA) is 59.0 Å². The van der Waals surface area contributed by atoms with E-state index in [4.69, 9.17) is 9.47 Å². The van der Waals surface area contributed by atoms with Gasteiger partial charge in [-0.2, -0.15) is 0 Å². The Balaban J connectivity index is 1.91. The number of likely N-dealkylation sites (N-methyl/N-ethyl adjacent to an activating group) is 1. The predicted molar refractivity (Wildman–Crippen MR) is 89.6 cm³/mol. The molecule has 1 aliphatic heterocycles. The number of nitrogens with zero attached hydrogens (tertiary/aromatic N) is 1. The van der Waals surface area contributed by atoms with Crippen molar-refractivity contribution in [3.05, 3.63) is 23.3 Å². The van der Waals surface area contributed by atoms with E-state index in [2.05, 4.69) is 18.0 Å². The molecule has 0 unspecified atom stereocenters. The van der Waals surface area contributed by atoms with Crippen molar-refractivity contribution in [2.75, 3.05) is 27.8 Å². The Morgan fingerprint density at radius 2 is 2.12 bits per heavy atom. The van der Waals surface area contributed by atoms with Crippen LogP contribution >= 0.6 is 0 Å². The summed E-state index contributed by atoms with van der Waals surface area (Å²) in [6, 6.07) is 4.29.